The zero-order valence-corrected chi connectivity index (χ0v) is 17.7. The summed E-state index contributed by atoms with van der Waals surface area (Å²) in [6, 6.07) is 8.43. The number of carbonyl (C=O) groups excluding carboxylic acids is 1. The molecule has 1 saturated heterocycles. The Morgan fingerprint density at radius 3 is 2.59 bits per heavy atom. The van der Waals surface area contributed by atoms with Crippen molar-refractivity contribution in [2.75, 3.05) is 55.0 Å². The van der Waals surface area contributed by atoms with Crippen LogP contribution in [0.15, 0.2) is 42.7 Å². The molecule has 1 aliphatic heterocycles. The summed E-state index contributed by atoms with van der Waals surface area (Å²) in [5.74, 6) is -0.0602. The predicted molar refractivity (Wildman–Crippen MR) is 120 cm³/mol. The zero-order chi connectivity index (χ0) is 22.5. The molecule has 3 aromatic rings. The molecular weight excluding hydrogens is 412 g/mol. The highest BCUT2D eigenvalue weighted by Crippen LogP contribution is 2.27. The van der Waals surface area contributed by atoms with Crippen molar-refractivity contribution in [3.63, 3.8) is 0 Å². The van der Waals surface area contributed by atoms with Crippen molar-refractivity contribution >= 4 is 40.2 Å². The Kier molecular flexibility index (Phi) is 6.41. The second kappa shape index (κ2) is 9.56. The van der Waals surface area contributed by atoms with Crippen LogP contribution in [0.4, 0.5) is 17.5 Å². The number of amides is 1. The Morgan fingerprint density at radius 2 is 1.84 bits per heavy atom. The molecular formula is C22H24N6O4. The largest absolute Gasteiger partial charge is 0.478 e. The summed E-state index contributed by atoms with van der Waals surface area (Å²) in [5.41, 5.74) is 1.18. The number of fused-ring (bicyclic) bond motifs is 1. The lowest BCUT2D eigenvalue weighted by molar-refractivity contribution is -0.119. The van der Waals surface area contributed by atoms with Crippen molar-refractivity contribution in [3.05, 3.63) is 48.3 Å². The number of hydrogen-bond donors (Lipinski definition) is 2. The summed E-state index contributed by atoms with van der Waals surface area (Å²) in [4.78, 5) is 41.4. The van der Waals surface area contributed by atoms with Crippen molar-refractivity contribution in [2.45, 2.75) is 6.42 Å². The molecule has 0 atom stereocenters. The third-order valence-corrected chi connectivity index (χ3v) is 5.24. The highest BCUT2D eigenvalue weighted by molar-refractivity contribution is 6.05. The normalized spacial score (nSPS) is 14.3. The molecule has 0 radical (unpaired) electrons. The van der Waals surface area contributed by atoms with Gasteiger partial charge in [-0.25, -0.2) is 19.7 Å². The molecule has 1 aliphatic rings. The second-order valence-corrected chi connectivity index (χ2v) is 7.42. The van der Waals surface area contributed by atoms with E-state index in [1.165, 1.54) is 7.11 Å². The van der Waals surface area contributed by atoms with E-state index in [0.29, 0.717) is 41.4 Å². The smallest absolute Gasteiger partial charge is 0.336 e. The number of methoxy groups -OCH3 is 1. The second-order valence-electron chi connectivity index (χ2n) is 7.42. The van der Waals surface area contributed by atoms with E-state index in [0.717, 1.165) is 19.5 Å². The number of hydrogen-bond acceptors (Lipinski definition) is 8. The summed E-state index contributed by atoms with van der Waals surface area (Å²) >= 11 is 0. The maximum Gasteiger partial charge on any atom is 0.336 e. The molecule has 1 fully saturated rings. The van der Waals surface area contributed by atoms with Crippen LogP contribution in [0.2, 0.25) is 0 Å². The number of nitrogens with one attached hydrogen (secondary N) is 1. The summed E-state index contributed by atoms with van der Waals surface area (Å²) < 4.78 is 4.82. The summed E-state index contributed by atoms with van der Waals surface area (Å²) in [7, 11) is 1.43. The van der Waals surface area contributed by atoms with Gasteiger partial charge in [-0.2, -0.15) is 0 Å². The van der Waals surface area contributed by atoms with Crippen LogP contribution in [0.1, 0.15) is 16.8 Å². The summed E-state index contributed by atoms with van der Waals surface area (Å²) in [6.07, 6.45) is 4.31. The minimum absolute atomic E-state index is 0.0823. The topological polar surface area (TPSA) is 121 Å². The van der Waals surface area contributed by atoms with E-state index in [9.17, 15) is 14.7 Å². The Bertz CT molecular complexity index is 1120. The van der Waals surface area contributed by atoms with Crippen LogP contribution >= 0.6 is 0 Å². The van der Waals surface area contributed by atoms with Gasteiger partial charge in [0, 0.05) is 56.8 Å². The lowest BCUT2D eigenvalue weighted by Gasteiger charge is -2.23. The number of nitrogens with zero attached hydrogens (tertiary/aromatic N) is 5. The van der Waals surface area contributed by atoms with Gasteiger partial charge in [-0.1, -0.05) is 0 Å². The number of benzene rings is 1. The number of rotatable bonds is 6. The standard InChI is InChI=1S/C22H24N6O4/c1-32-14-20(29)25-15-4-5-18-16(12-15)17(21(30)31)13-19(26-18)27-8-3-9-28(11-10-27)22-23-6-2-7-24-22/h2,4-7,12-13H,3,8-11,14H2,1H3,(H,25,29)(H,30,31). The molecule has 3 heterocycles. The number of anilines is 3. The monoisotopic (exact) mass is 436 g/mol. The maximum absolute atomic E-state index is 12.0. The minimum atomic E-state index is -1.05. The van der Waals surface area contributed by atoms with Crippen LogP contribution in [-0.4, -0.2) is 71.8 Å². The van der Waals surface area contributed by atoms with Gasteiger partial charge in [-0.15, -0.1) is 0 Å². The fourth-order valence-electron chi connectivity index (χ4n) is 3.76. The molecule has 0 saturated carbocycles. The molecule has 4 rings (SSSR count). The molecule has 10 nitrogen and oxygen atoms in total. The van der Waals surface area contributed by atoms with Gasteiger partial charge in [-0.05, 0) is 36.8 Å². The van der Waals surface area contributed by atoms with Gasteiger partial charge in [0.05, 0.1) is 11.1 Å². The van der Waals surface area contributed by atoms with E-state index in [2.05, 4.69) is 25.1 Å². The first-order chi connectivity index (χ1) is 15.5. The molecule has 32 heavy (non-hydrogen) atoms. The third-order valence-electron chi connectivity index (χ3n) is 5.24. The molecule has 0 spiro atoms. The van der Waals surface area contributed by atoms with Gasteiger partial charge in [0.1, 0.15) is 12.4 Å². The van der Waals surface area contributed by atoms with E-state index in [1.807, 2.05) is 0 Å². The molecule has 2 aromatic heterocycles. The molecule has 1 aromatic carbocycles. The molecule has 0 bridgehead atoms. The molecule has 0 unspecified atom stereocenters. The van der Waals surface area contributed by atoms with Crippen molar-refractivity contribution in [2.24, 2.45) is 0 Å². The number of aromatic nitrogens is 3. The first-order valence-electron chi connectivity index (χ1n) is 10.3. The lowest BCUT2D eigenvalue weighted by Crippen LogP contribution is -2.32. The van der Waals surface area contributed by atoms with E-state index < -0.39 is 5.97 Å². The summed E-state index contributed by atoms with van der Waals surface area (Å²) in [5, 5.41) is 13.0. The lowest BCUT2D eigenvalue weighted by atomic mass is 10.1. The number of ether oxygens (including phenoxy) is 1. The predicted octanol–water partition coefficient (Wildman–Crippen LogP) is 2.02. The third kappa shape index (κ3) is 4.75. The van der Waals surface area contributed by atoms with E-state index >= 15 is 0 Å². The molecule has 2 N–H and O–H groups in total. The number of aromatic carboxylic acids is 1. The number of carbonyl (C=O) groups is 2. The van der Waals surface area contributed by atoms with E-state index in [-0.39, 0.29) is 18.1 Å². The van der Waals surface area contributed by atoms with E-state index in [4.69, 9.17) is 9.72 Å². The first kappa shape index (κ1) is 21.4. The quantitative estimate of drug-likeness (QED) is 0.598. The number of pyridine rings is 1. The number of carboxylic acids is 1. The van der Waals surface area contributed by atoms with Gasteiger partial charge < -0.3 is 25.0 Å². The molecule has 166 valence electrons. The van der Waals surface area contributed by atoms with Gasteiger partial charge in [0.2, 0.25) is 11.9 Å². The van der Waals surface area contributed by atoms with E-state index in [1.54, 1.807) is 42.7 Å². The average molecular weight is 436 g/mol. The average Bonchev–Trinajstić information content (AvgIpc) is 3.05. The van der Waals surface area contributed by atoms with Crippen LogP contribution in [-0.2, 0) is 9.53 Å². The first-order valence-corrected chi connectivity index (χ1v) is 10.3. The van der Waals surface area contributed by atoms with Gasteiger partial charge in [0.25, 0.3) is 0 Å². The fourth-order valence-corrected chi connectivity index (χ4v) is 3.76. The van der Waals surface area contributed by atoms with Gasteiger partial charge in [0.15, 0.2) is 0 Å². The fraction of sp³-hybridized carbons (Fsp3) is 0.318. The molecule has 1 amide bonds. The minimum Gasteiger partial charge on any atom is -0.478 e. The van der Waals surface area contributed by atoms with Crippen LogP contribution < -0.4 is 15.1 Å². The van der Waals surface area contributed by atoms with Crippen molar-refractivity contribution < 1.29 is 19.4 Å². The van der Waals surface area contributed by atoms with Crippen molar-refractivity contribution in [3.8, 4) is 0 Å². The van der Waals surface area contributed by atoms with Crippen LogP contribution in [0, 0.1) is 0 Å². The SMILES string of the molecule is COCC(=O)Nc1ccc2nc(N3CCCN(c4ncccn4)CC3)cc(C(=O)O)c2c1. The highest BCUT2D eigenvalue weighted by Gasteiger charge is 2.20. The number of carboxylic acid groups (broad SMARTS) is 1. The Labute approximate surface area is 184 Å². The van der Waals surface area contributed by atoms with Crippen LogP contribution in [0.3, 0.4) is 0 Å². The zero-order valence-electron chi connectivity index (χ0n) is 17.7. The van der Waals surface area contributed by atoms with Crippen molar-refractivity contribution in [1.29, 1.82) is 0 Å². The Hall–Kier alpha value is -3.79. The highest BCUT2D eigenvalue weighted by atomic mass is 16.5. The van der Waals surface area contributed by atoms with Gasteiger partial charge in [-0.3, -0.25) is 4.79 Å². The molecule has 10 heteroatoms. The summed E-state index contributed by atoms with van der Waals surface area (Å²) in [6.45, 7) is 2.84. The van der Waals surface area contributed by atoms with Gasteiger partial charge >= 0.3 is 5.97 Å². The maximum atomic E-state index is 12.0. The van der Waals surface area contributed by atoms with Crippen molar-refractivity contribution in [1.82, 2.24) is 15.0 Å². The van der Waals surface area contributed by atoms with Crippen LogP contribution in [0.5, 0.6) is 0 Å². The molecule has 0 aliphatic carbocycles. The Balaban J connectivity index is 1.60. The van der Waals surface area contributed by atoms with Crippen LogP contribution in [0.25, 0.3) is 10.9 Å². The Morgan fingerprint density at radius 1 is 1.09 bits per heavy atom.